The Hall–Kier alpha value is -1.27. The molecule has 0 bridgehead atoms. The Morgan fingerprint density at radius 1 is 1.18 bits per heavy atom. The average Bonchev–Trinajstić information content (AvgIpc) is 2.17. The van der Waals surface area contributed by atoms with Gasteiger partial charge in [-0.1, -0.05) is 33.1 Å². The second-order valence-corrected chi connectivity index (χ2v) is 3.54. The first kappa shape index (κ1) is 18.1. The molecular weight excluding hydrogens is 241 g/mol. The molecule has 0 fully saturated rings. The van der Waals surface area contributed by atoms with Crippen molar-refractivity contribution in [3.63, 3.8) is 0 Å². The molecule has 0 saturated heterocycles. The summed E-state index contributed by atoms with van der Waals surface area (Å²) in [5, 5.41) is 15.6. The number of carboxylic acid groups (broad SMARTS) is 2. The van der Waals surface area contributed by atoms with Gasteiger partial charge in [-0.2, -0.15) is 13.2 Å². The molecule has 0 aliphatic rings. The first-order chi connectivity index (χ1) is 7.62. The molecular formula is C10H17F3O4. The van der Waals surface area contributed by atoms with Crippen LogP contribution in [0, 0.1) is 5.92 Å². The summed E-state index contributed by atoms with van der Waals surface area (Å²) in [7, 11) is 0. The zero-order valence-corrected chi connectivity index (χ0v) is 9.75. The number of carboxylic acids is 2. The number of rotatable bonds is 5. The van der Waals surface area contributed by atoms with Gasteiger partial charge in [0.25, 0.3) is 0 Å². The van der Waals surface area contributed by atoms with Crippen LogP contribution in [-0.4, -0.2) is 28.3 Å². The van der Waals surface area contributed by atoms with Gasteiger partial charge in [-0.3, -0.25) is 4.79 Å². The number of hydrogen-bond acceptors (Lipinski definition) is 2. The number of hydrogen-bond donors (Lipinski definition) is 2. The van der Waals surface area contributed by atoms with E-state index in [1.54, 1.807) is 6.92 Å². The quantitative estimate of drug-likeness (QED) is 0.743. The van der Waals surface area contributed by atoms with E-state index < -0.39 is 18.1 Å². The monoisotopic (exact) mass is 258 g/mol. The van der Waals surface area contributed by atoms with Crippen LogP contribution in [-0.2, 0) is 9.59 Å². The molecule has 0 spiro atoms. The van der Waals surface area contributed by atoms with Crippen LogP contribution in [0.25, 0.3) is 0 Å². The molecule has 7 heteroatoms. The number of carbonyl (C=O) groups is 2. The fourth-order valence-corrected chi connectivity index (χ4v) is 0.824. The van der Waals surface area contributed by atoms with Crippen molar-refractivity contribution < 1.29 is 33.0 Å². The van der Waals surface area contributed by atoms with Gasteiger partial charge in [0.2, 0.25) is 0 Å². The van der Waals surface area contributed by atoms with Crippen molar-refractivity contribution in [2.45, 2.75) is 45.7 Å². The Labute approximate surface area is 97.4 Å². The van der Waals surface area contributed by atoms with E-state index in [0.29, 0.717) is 0 Å². The summed E-state index contributed by atoms with van der Waals surface area (Å²) in [5.74, 6) is -3.59. The van der Waals surface area contributed by atoms with Crippen LogP contribution in [0.15, 0.2) is 0 Å². The van der Waals surface area contributed by atoms with Crippen molar-refractivity contribution in [2.24, 2.45) is 5.92 Å². The number of unbranched alkanes of at least 4 members (excludes halogenated alkanes) is 2. The summed E-state index contributed by atoms with van der Waals surface area (Å²) < 4.78 is 31.7. The van der Waals surface area contributed by atoms with Gasteiger partial charge in [0.05, 0.1) is 5.92 Å². The summed E-state index contributed by atoms with van der Waals surface area (Å²) in [6.07, 6.45) is -0.906. The highest BCUT2D eigenvalue weighted by Crippen LogP contribution is 2.13. The van der Waals surface area contributed by atoms with E-state index in [0.717, 1.165) is 25.7 Å². The molecule has 0 saturated carbocycles. The Kier molecular flexibility index (Phi) is 9.41. The predicted molar refractivity (Wildman–Crippen MR) is 54.6 cm³/mol. The van der Waals surface area contributed by atoms with Gasteiger partial charge in [0.15, 0.2) is 0 Å². The van der Waals surface area contributed by atoms with Gasteiger partial charge >= 0.3 is 18.1 Å². The fourth-order valence-electron chi connectivity index (χ4n) is 0.824. The first-order valence-electron chi connectivity index (χ1n) is 5.15. The van der Waals surface area contributed by atoms with Crippen LogP contribution in [0.3, 0.4) is 0 Å². The van der Waals surface area contributed by atoms with Crippen LogP contribution in [0.5, 0.6) is 0 Å². The lowest BCUT2D eigenvalue weighted by molar-refractivity contribution is -0.192. The lowest BCUT2D eigenvalue weighted by Gasteiger charge is -2.03. The number of aliphatic carboxylic acids is 2. The van der Waals surface area contributed by atoms with E-state index in [1.165, 1.54) is 0 Å². The largest absolute Gasteiger partial charge is 0.490 e. The van der Waals surface area contributed by atoms with E-state index in [1.807, 2.05) is 0 Å². The van der Waals surface area contributed by atoms with Crippen LogP contribution < -0.4 is 0 Å². The minimum atomic E-state index is -5.08. The Balaban J connectivity index is 0. The molecule has 1 unspecified atom stereocenters. The molecule has 0 amide bonds. The van der Waals surface area contributed by atoms with Crippen molar-refractivity contribution in [3.8, 4) is 0 Å². The summed E-state index contributed by atoms with van der Waals surface area (Å²) >= 11 is 0. The fraction of sp³-hybridized carbons (Fsp3) is 0.800. The molecule has 0 aliphatic carbocycles. The summed E-state index contributed by atoms with van der Waals surface area (Å²) in [6.45, 7) is 3.88. The van der Waals surface area contributed by atoms with Gasteiger partial charge < -0.3 is 10.2 Å². The topological polar surface area (TPSA) is 74.6 Å². The molecule has 0 aromatic heterocycles. The highest BCUT2D eigenvalue weighted by atomic mass is 19.4. The Bertz CT molecular complexity index is 238. The van der Waals surface area contributed by atoms with Gasteiger partial charge in [-0.05, 0) is 6.42 Å². The molecule has 0 rings (SSSR count). The highest BCUT2D eigenvalue weighted by Gasteiger charge is 2.38. The van der Waals surface area contributed by atoms with E-state index in [9.17, 15) is 18.0 Å². The summed E-state index contributed by atoms with van der Waals surface area (Å²) in [4.78, 5) is 19.2. The third-order valence-electron chi connectivity index (χ3n) is 1.90. The van der Waals surface area contributed by atoms with Crippen molar-refractivity contribution in [1.82, 2.24) is 0 Å². The van der Waals surface area contributed by atoms with Crippen molar-refractivity contribution in [3.05, 3.63) is 0 Å². The molecule has 0 aromatic rings. The Morgan fingerprint density at radius 2 is 1.59 bits per heavy atom. The molecule has 102 valence electrons. The molecule has 0 heterocycles. The van der Waals surface area contributed by atoms with Crippen LogP contribution in [0.4, 0.5) is 13.2 Å². The molecule has 0 radical (unpaired) electrons. The van der Waals surface area contributed by atoms with E-state index in [4.69, 9.17) is 15.0 Å². The smallest absolute Gasteiger partial charge is 0.481 e. The minimum Gasteiger partial charge on any atom is -0.481 e. The standard InChI is InChI=1S/C8H16O2.C2HF3O2/c1-3-4-5-6-7(2)8(9)10;3-2(4,5)1(6)7/h7H,3-6H2,1-2H3,(H,9,10);(H,6,7). The van der Waals surface area contributed by atoms with E-state index in [2.05, 4.69) is 6.92 Å². The summed E-state index contributed by atoms with van der Waals surface area (Å²) in [5.41, 5.74) is 0. The van der Waals surface area contributed by atoms with Crippen LogP contribution in [0.1, 0.15) is 39.5 Å². The summed E-state index contributed by atoms with van der Waals surface area (Å²) in [6, 6.07) is 0. The number of alkyl halides is 3. The van der Waals surface area contributed by atoms with Crippen molar-refractivity contribution in [2.75, 3.05) is 0 Å². The first-order valence-corrected chi connectivity index (χ1v) is 5.15. The maximum Gasteiger partial charge on any atom is 0.490 e. The third-order valence-corrected chi connectivity index (χ3v) is 1.90. The van der Waals surface area contributed by atoms with Crippen LogP contribution >= 0.6 is 0 Å². The van der Waals surface area contributed by atoms with E-state index in [-0.39, 0.29) is 5.92 Å². The Morgan fingerprint density at radius 3 is 1.82 bits per heavy atom. The molecule has 1 atom stereocenters. The molecule has 0 aromatic carbocycles. The van der Waals surface area contributed by atoms with E-state index >= 15 is 0 Å². The highest BCUT2D eigenvalue weighted by molar-refractivity contribution is 5.73. The van der Waals surface area contributed by atoms with Gasteiger partial charge in [-0.25, -0.2) is 4.79 Å². The molecule has 4 nitrogen and oxygen atoms in total. The van der Waals surface area contributed by atoms with Crippen LogP contribution in [0.2, 0.25) is 0 Å². The number of halogens is 3. The molecule has 17 heavy (non-hydrogen) atoms. The molecule has 2 N–H and O–H groups in total. The van der Waals surface area contributed by atoms with Gasteiger partial charge in [0.1, 0.15) is 0 Å². The maximum atomic E-state index is 10.6. The van der Waals surface area contributed by atoms with Gasteiger partial charge in [0, 0.05) is 0 Å². The average molecular weight is 258 g/mol. The third kappa shape index (κ3) is 12.7. The lowest BCUT2D eigenvalue weighted by atomic mass is 10.0. The minimum absolute atomic E-state index is 0.161. The maximum absolute atomic E-state index is 10.6. The SMILES string of the molecule is CCCCCC(C)C(=O)O.O=C(O)C(F)(F)F. The van der Waals surface area contributed by atoms with Crippen molar-refractivity contribution >= 4 is 11.9 Å². The second kappa shape index (κ2) is 8.83. The zero-order valence-electron chi connectivity index (χ0n) is 9.75. The van der Waals surface area contributed by atoms with Crippen molar-refractivity contribution in [1.29, 1.82) is 0 Å². The zero-order chi connectivity index (χ0) is 14.1. The normalized spacial score (nSPS) is 12.3. The van der Waals surface area contributed by atoms with Gasteiger partial charge in [-0.15, -0.1) is 0 Å². The second-order valence-electron chi connectivity index (χ2n) is 3.54. The lowest BCUT2D eigenvalue weighted by Crippen LogP contribution is -2.21. The predicted octanol–water partition coefficient (Wildman–Crippen LogP) is 2.92. The molecule has 0 aliphatic heterocycles.